The summed E-state index contributed by atoms with van der Waals surface area (Å²) in [6, 6.07) is 8.17. The van der Waals surface area contributed by atoms with Crippen LogP contribution in [-0.2, 0) is 6.42 Å². The van der Waals surface area contributed by atoms with E-state index in [0.717, 1.165) is 19.3 Å². The number of carbonyl (C=O) groups is 1. The second kappa shape index (κ2) is 6.80. The van der Waals surface area contributed by atoms with Gasteiger partial charge in [-0.3, -0.25) is 0 Å². The molecule has 2 rings (SSSR count). The number of carbonyl (C=O) groups excluding carboxylic acids is 1. The second-order valence-corrected chi connectivity index (χ2v) is 6.08. The lowest BCUT2D eigenvalue weighted by molar-refractivity contribution is 0.203. The fraction of sp³-hybridized carbons (Fsp3) is 0.562. The Kier molecular flexibility index (Phi) is 5.07. The van der Waals surface area contributed by atoms with Crippen LogP contribution in [0.3, 0.4) is 0 Å². The van der Waals surface area contributed by atoms with Gasteiger partial charge in [-0.2, -0.15) is 0 Å². The van der Waals surface area contributed by atoms with Crippen molar-refractivity contribution in [1.29, 1.82) is 0 Å². The number of hydrogen-bond donors (Lipinski definition) is 3. The van der Waals surface area contributed by atoms with Gasteiger partial charge in [0.25, 0.3) is 0 Å². The molecule has 3 N–H and O–H groups in total. The van der Waals surface area contributed by atoms with Crippen LogP contribution in [0.25, 0.3) is 0 Å². The van der Waals surface area contributed by atoms with Crippen molar-refractivity contribution < 1.29 is 9.90 Å². The van der Waals surface area contributed by atoms with Crippen LogP contribution in [0.15, 0.2) is 24.3 Å². The zero-order valence-electron chi connectivity index (χ0n) is 12.9. The number of benzene rings is 1. The molecule has 21 heavy (non-hydrogen) atoms. The monoisotopic (exact) mass is 291 g/mol. The number of anilines is 1. The van der Waals surface area contributed by atoms with E-state index < -0.39 is 0 Å². The highest BCUT2D eigenvalue weighted by molar-refractivity contribution is 5.73. The lowest BCUT2D eigenvalue weighted by atomic mass is 10.1. The maximum Gasteiger partial charge on any atom is 0.314 e. The third-order valence-corrected chi connectivity index (χ3v) is 4.07. The number of aliphatic hydroxyl groups is 1. The first kappa shape index (κ1) is 15.6. The van der Waals surface area contributed by atoms with E-state index in [2.05, 4.69) is 39.8 Å². The average molecular weight is 291 g/mol. The summed E-state index contributed by atoms with van der Waals surface area (Å²) in [6.45, 7) is 1.33. The van der Waals surface area contributed by atoms with Crippen molar-refractivity contribution >= 4 is 11.7 Å². The minimum Gasteiger partial charge on any atom is -0.396 e. The number of nitrogens with one attached hydrogen (secondary N) is 2. The zero-order chi connectivity index (χ0) is 15.3. The number of urea groups is 1. The first-order chi connectivity index (χ1) is 10.0. The summed E-state index contributed by atoms with van der Waals surface area (Å²) in [5, 5.41) is 14.9. The van der Waals surface area contributed by atoms with Crippen LogP contribution >= 0.6 is 0 Å². The van der Waals surface area contributed by atoms with Crippen molar-refractivity contribution in [3.05, 3.63) is 29.8 Å². The zero-order valence-corrected chi connectivity index (χ0v) is 12.9. The summed E-state index contributed by atoms with van der Waals surface area (Å²) in [5.74, 6) is 0. The van der Waals surface area contributed by atoms with Crippen molar-refractivity contribution in [3.8, 4) is 0 Å². The molecule has 116 valence electrons. The maximum absolute atomic E-state index is 11.7. The van der Waals surface area contributed by atoms with E-state index in [1.165, 1.54) is 11.3 Å². The molecule has 0 aromatic heterocycles. The second-order valence-electron chi connectivity index (χ2n) is 6.08. The van der Waals surface area contributed by atoms with E-state index in [1.807, 2.05) is 14.1 Å². The molecule has 5 nitrogen and oxygen atoms in total. The molecule has 0 heterocycles. The molecule has 0 aliphatic heterocycles. The molecule has 2 amide bonds. The summed E-state index contributed by atoms with van der Waals surface area (Å²) in [4.78, 5) is 13.7. The highest BCUT2D eigenvalue weighted by Crippen LogP contribution is 2.44. The molecule has 1 fully saturated rings. The van der Waals surface area contributed by atoms with Crippen molar-refractivity contribution in [3.63, 3.8) is 0 Å². The van der Waals surface area contributed by atoms with Crippen molar-refractivity contribution in [2.45, 2.75) is 19.3 Å². The lowest BCUT2D eigenvalue weighted by Crippen LogP contribution is -2.40. The SMILES string of the molecule is CN(C)c1ccc(CCNC(=O)NCC2(CO)CC2)cc1. The predicted molar refractivity (Wildman–Crippen MR) is 84.6 cm³/mol. The van der Waals surface area contributed by atoms with Gasteiger partial charge in [0.1, 0.15) is 0 Å². The minimum absolute atomic E-state index is 0.0423. The van der Waals surface area contributed by atoms with Crippen molar-refractivity contribution in [2.75, 3.05) is 38.7 Å². The lowest BCUT2D eigenvalue weighted by Gasteiger charge is -2.14. The largest absolute Gasteiger partial charge is 0.396 e. The standard InChI is InChI=1S/C16H25N3O2/c1-19(2)14-5-3-13(4-6-14)7-10-17-15(21)18-11-16(12-20)8-9-16/h3-6,20H,7-12H2,1-2H3,(H2,17,18,21). The molecule has 1 aliphatic carbocycles. The highest BCUT2D eigenvalue weighted by Gasteiger charge is 2.41. The summed E-state index contributed by atoms with van der Waals surface area (Å²) in [7, 11) is 4.03. The Labute approximate surface area is 126 Å². The Morgan fingerprint density at radius 1 is 1.24 bits per heavy atom. The van der Waals surface area contributed by atoms with E-state index in [0.29, 0.717) is 13.1 Å². The summed E-state index contributed by atoms with van der Waals surface area (Å²) >= 11 is 0. The van der Waals surface area contributed by atoms with Crippen LogP contribution in [0.1, 0.15) is 18.4 Å². The van der Waals surface area contributed by atoms with Crippen LogP contribution in [0.5, 0.6) is 0 Å². The van der Waals surface area contributed by atoms with E-state index in [1.54, 1.807) is 0 Å². The van der Waals surface area contributed by atoms with Gasteiger partial charge in [-0.1, -0.05) is 12.1 Å². The topological polar surface area (TPSA) is 64.6 Å². The van der Waals surface area contributed by atoms with Gasteiger partial charge in [-0.05, 0) is 37.0 Å². The van der Waals surface area contributed by atoms with Crippen LogP contribution in [0, 0.1) is 5.41 Å². The van der Waals surface area contributed by atoms with Gasteiger partial charge >= 0.3 is 6.03 Å². The third-order valence-electron chi connectivity index (χ3n) is 4.07. The van der Waals surface area contributed by atoms with Gasteiger partial charge in [0.05, 0.1) is 6.61 Å². The molecule has 0 bridgehead atoms. The number of hydrogen-bond acceptors (Lipinski definition) is 3. The van der Waals surface area contributed by atoms with Gasteiger partial charge < -0.3 is 20.6 Å². The summed E-state index contributed by atoms with van der Waals surface area (Å²) in [6.07, 6.45) is 2.82. The van der Waals surface area contributed by atoms with Crippen LogP contribution < -0.4 is 15.5 Å². The van der Waals surface area contributed by atoms with Gasteiger partial charge in [0.15, 0.2) is 0 Å². The van der Waals surface area contributed by atoms with E-state index in [-0.39, 0.29) is 18.1 Å². The molecule has 0 atom stereocenters. The predicted octanol–water partition coefficient (Wildman–Crippen LogP) is 1.37. The quantitative estimate of drug-likeness (QED) is 0.711. The average Bonchev–Trinajstić information content (AvgIpc) is 3.26. The molecule has 1 aromatic carbocycles. The Bertz CT molecular complexity index is 467. The maximum atomic E-state index is 11.7. The summed E-state index contributed by atoms with van der Waals surface area (Å²) < 4.78 is 0. The van der Waals surface area contributed by atoms with Gasteiger partial charge in [-0.25, -0.2) is 4.79 Å². The molecule has 0 unspecified atom stereocenters. The summed E-state index contributed by atoms with van der Waals surface area (Å²) in [5.41, 5.74) is 2.33. The van der Waals surface area contributed by atoms with E-state index >= 15 is 0 Å². The smallest absolute Gasteiger partial charge is 0.314 e. The van der Waals surface area contributed by atoms with Crippen LogP contribution in [0.2, 0.25) is 0 Å². The van der Waals surface area contributed by atoms with Gasteiger partial charge in [0.2, 0.25) is 0 Å². The normalized spacial score (nSPS) is 15.4. The molecular formula is C16H25N3O2. The molecule has 0 spiro atoms. The van der Waals surface area contributed by atoms with E-state index in [4.69, 9.17) is 0 Å². The molecule has 0 radical (unpaired) electrons. The van der Waals surface area contributed by atoms with Crippen molar-refractivity contribution in [2.24, 2.45) is 5.41 Å². The molecule has 1 aliphatic rings. The minimum atomic E-state index is -0.153. The number of rotatable bonds is 7. The first-order valence-corrected chi connectivity index (χ1v) is 7.43. The van der Waals surface area contributed by atoms with Crippen molar-refractivity contribution in [1.82, 2.24) is 10.6 Å². The third kappa shape index (κ3) is 4.63. The van der Waals surface area contributed by atoms with Gasteiger partial charge in [-0.15, -0.1) is 0 Å². The van der Waals surface area contributed by atoms with Crippen LogP contribution in [0.4, 0.5) is 10.5 Å². The first-order valence-electron chi connectivity index (χ1n) is 7.43. The van der Waals surface area contributed by atoms with Gasteiger partial charge in [0, 0.05) is 38.3 Å². The number of aliphatic hydroxyl groups excluding tert-OH is 1. The number of nitrogens with zero attached hydrogens (tertiary/aromatic N) is 1. The molecule has 1 aromatic rings. The molecular weight excluding hydrogens is 266 g/mol. The Hall–Kier alpha value is -1.75. The van der Waals surface area contributed by atoms with E-state index in [9.17, 15) is 9.90 Å². The molecule has 1 saturated carbocycles. The Morgan fingerprint density at radius 2 is 1.90 bits per heavy atom. The fourth-order valence-corrected chi connectivity index (χ4v) is 2.18. The molecule has 5 heteroatoms. The number of amides is 2. The Balaban J connectivity index is 1.65. The highest BCUT2D eigenvalue weighted by atomic mass is 16.3. The van der Waals surface area contributed by atoms with Crippen LogP contribution in [-0.4, -0.2) is 44.9 Å². The molecule has 0 saturated heterocycles. The Morgan fingerprint density at radius 3 is 2.43 bits per heavy atom. The fourth-order valence-electron chi connectivity index (χ4n) is 2.18.